The van der Waals surface area contributed by atoms with Crippen LogP contribution in [0.5, 0.6) is 0 Å². The van der Waals surface area contributed by atoms with E-state index in [1.807, 2.05) is 0 Å². The van der Waals surface area contributed by atoms with Crippen molar-refractivity contribution < 1.29 is 13.6 Å². The highest BCUT2D eigenvalue weighted by atomic mass is 79.9. The van der Waals surface area contributed by atoms with Gasteiger partial charge in [-0.05, 0) is 65.2 Å². The Morgan fingerprint density at radius 1 is 1.23 bits per heavy atom. The summed E-state index contributed by atoms with van der Waals surface area (Å²) in [6, 6.07) is 8.97. The number of nitrogens with zero attached hydrogens (tertiary/aromatic N) is 1. The van der Waals surface area contributed by atoms with Gasteiger partial charge in [0, 0.05) is 16.4 Å². The van der Waals surface area contributed by atoms with Gasteiger partial charge in [-0.25, -0.2) is 8.78 Å². The molecule has 0 bridgehead atoms. The molecule has 1 saturated carbocycles. The summed E-state index contributed by atoms with van der Waals surface area (Å²) in [5, 5.41) is 2.72. The molecule has 1 aliphatic carbocycles. The highest BCUT2D eigenvalue weighted by Gasteiger charge is 2.53. The molecule has 0 saturated heterocycles. The maximum absolute atomic E-state index is 13.5. The molecule has 1 N–H and O–H groups in total. The van der Waals surface area contributed by atoms with E-state index in [-0.39, 0.29) is 24.6 Å². The summed E-state index contributed by atoms with van der Waals surface area (Å²) >= 11 is 3.29. The van der Waals surface area contributed by atoms with Gasteiger partial charge in [-0.3, -0.25) is 9.78 Å². The van der Waals surface area contributed by atoms with Crippen molar-refractivity contribution in [3.8, 4) is 0 Å². The van der Waals surface area contributed by atoms with Crippen molar-refractivity contribution in [3.63, 3.8) is 0 Å². The van der Waals surface area contributed by atoms with E-state index in [2.05, 4.69) is 26.2 Å². The lowest BCUT2D eigenvalue weighted by molar-refractivity contribution is -0.127. The van der Waals surface area contributed by atoms with Crippen LogP contribution in [0.25, 0.3) is 0 Å². The molecule has 1 aromatic heterocycles. The lowest BCUT2D eigenvalue weighted by Gasteiger charge is -2.42. The molecule has 6 heteroatoms. The molecule has 2 aromatic rings. The van der Waals surface area contributed by atoms with Crippen LogP contribution in [0.2, 0.25) is 0 Å². The van der Waals surface area contributed by atoms with E-state index in [4.69, 9.17) is 0 Å². The molecule has 1 fully saturated rings. The Morgan fingerprint density at radius 3 is 2.45 bits per heavy atom. The largest absolute Gasteiger partial charge is 0.325 e. The van der Waals surface area contributed by atoms with Gasteiger partial charge in [0.05, 0.1) is 11.1 Å². The third-order valence-corrected chi connectivity index (χ3v) is 4.36. The Labute approximate surface area is 134 Å². The van der Waals surface area contributed by atoms with Gasteiger partial charge in [0.2, 0.25) is 5.91 Å². The van der Waals surface area contributed by atoms with Gasteiger partial charge >= 0.3 is 0 Å². The van der Waals surface area contributed by atoms with Crippen molar-refractivity contribution in [2.45, 2.75) is 24.4 Å². The summed E-state index contributed by atoms with van der Waals surface area (Å²) in [5.74, 6) is -0.697. The van der Waals surface area contributed by atoms with Gasteiger partial charge in [-0.2, -0.15) is 0 Å². The maximum atomic E-state index is 13.5. The second-order valence-corrected chi connectivity index (χ2v) is 6.33. The number of benzene rings is 1. The van der Waals surface area contributed by atoms with Crippen molar-refractivity contribution in [1.29, 1.82) is 0 Å². The summed E-state index contributed by atoms with van der Waals surface area (Å²) in [4.78, 5) is 16.9. The van der Waals surface area contributed by atoms with Crippen molar-refractivity contribution in [3.05, 3.63) is 58.6 Å². The van der Waals surface area contributed by atoms with Gasteiger partial charge in [0.15, 0.2) is 0 Å². The van der Waals surface area contributed by atoms with Crippen LogP contribution in [-0.4, -0.2) is 17.1 Å². The van der Waals surface area contributed by atoms with E-state index >= 15 is 0 Å². The van der Waals surface area contributed by atoms with Crippen LogP contribution >= 0.6 is 15.9 Å². The van der Waals surface area contributed by atoms with Crippen LogP contribution < -0.4 is 5.32 Å². The minimum Gasteiger partial charge on any atom is -0.325 e. The van der Waals surface area contributed by atoms with Gasteiger partial charge in [-0.15, -0.1) is 0 Å². The molecule has 3 nitrogen and oxygen atoms in total. The van der Waals surface area contributed by atoms with E-state index in [9.17, 15) is 13.6 Å². The number of amides is 1. The topological polar surface area (TPSA) is 42.0 Å². The van der Waals surface area contributed by atoms with Crippen LogP contribution in [0.1, 0.15) is 18.5 Å². The summed E-state index contributed by atoms with van der Waals surface area (Å²) in [7, 11) is 0. The Balaban J connectivity index is 1.85. The molecule has 114 valence electrons. The fraction of sp³-hybridized carbons (Fsp3) is 0.250. The number of halogens is 3. The number of rotatable bonds is 3. The first-order valence-corrected chi connectivity index (χ1v) is 7.62. The molecule has 1 heterocycles. The summed E-state index contributed by atoms with van der Waals surface area (Å²) in [5.41, 5.74) is 0.0588. The molecule has 1 amide bonds. The van der Waals surface area contributed by atoms with E-state index in [1.165, 1.54) is 24.3 Å². The Hall–Kier alpha value is -1.82. The van der Waals surface area contributed by atoms with Crippen molar-refractivity contribution in [1.82, 2.24) is 4.98 Å². The van der Waals surface area contributed by atoms with Crippen molar-refractivity contribution in [2.24, 2.45) is 0 Å². The minimum absolute atomic E-state index is 0.106. The fourth-order valence-corrected chi connectivity index (χ4v) is 2.88. The van der Waals surface area contributed by atoms with Crippen molar-refractivity contribution >= 4 is 27.5 Å². The fourth-order valence-electron chi connectivity index (χ4n) is 2.65. The monoisotopic (exact) mass is 366 g/mol. The zero-order chi connectivity index (χ0) is 15.7. The third kappa shape index (κ3) is 2.75. The number of pyridine rings is 1. The second-order valence-electron chi connectivity index (χ2n) is 5.41. The maximum Gasteiger partial charge on any atom is 0.236 e. The number of aromatic nitrogens is 1. The SMILES string of the molecule is O=C(Nc1ccc(F)cc1)C1(c2ccc(Br)cn2)CC(F)C1. The zero-order valence-electron chi connectivity index (χ0n) is 11.5. The first-order valence-electron chi connectivity index (χ1n) is 6.83. The summed E-state index contributed by atoms with van der Waals surface area (Å²) in [6.07, 6.45) is 0.793. The van der Waals surface area contributed by atoms with Crippen LogP contribution in [0.4, 0.5) is 14.5 Å². The van der Waals surface area contributed by atoms with Crippen molar-refractivity contribution in [2.75, 3.05) is 5.32 Å². The molecular weight excluding hydrogens is 354 g/mol. The molecule has 1 aliphatic rings. The van der Waals surface area contributed by atoms with Crippen LogP contribution in [0.15, 0.2) is 47.1 Å². The van der Waals surface area contributed by atoms with Crippen LogP contribution in [0, 0.1) is 5.82 Å². The molecule has 0 atom stereocenters. The van der Waals surface area contributed by atoms with Crippen LogP contribution in [0.3, 0.4) is 0 Å². The molecule has 1 aromatic carbocycles. The second kappa shape index (κ2) is 5.76. The van der Waals surface area contributed by atoms with Gasteiger partial charge in [0.25, 0.3) is 0 Å². The number of carbonyl (C=O) groups is 1. The number of anilines is 1. The highest BCUT2D eigenvalue weighted by molar-refractivity contribution is 9.10. The number of nitrogens with one attached hydrogen (secondary N) is 1. The Bertz CT molecular complexity index is 682. The highest BCUT2D eigenvalue weighted by Crippen LogP contribution is 2.45. The molecule has 0 spiro atoms. The molecule has 3 rings (SSSR count). The van der Waals surface area contributed by atoms with E-state index < -0.39 is 11.6 Å². The first kappa shape index (κ1) is 15.1. The average Bonchev–Trinajstić information content (AvgIpc) is 2.47. The Kier molecular flexibility index (Phi) is 3.95. The first-order chi connectivity index (χ1) is 10.5. The van der Waals surface area contributed by atoms with E-state index in [0.717, 1.165) is 4.47 Å². The zero-order valence-corrected chi connectivity index (χ0v) is 13.1. The van der Waals surface area contributed by atoms with Gasteiger partial charge in [-0.1, -0.05) is 0 Å². The lowest BCUT2D eigenvalue weighted by atomic mass is 9.64. The van der Waals surface area contributed by atoms with E-state index in [1.54, 1.807) is 18.3 Å². The molecule has 22 heavy (non-hydrogen) atoms. The third-order valence-electron chi connectivity index (χ3n) is 3.89. The van der Waals surface area contributed by atoms with Gasteiger partial charge < -0.3 is 5.32 Å². The van der Waals surface area contributed by atoms with Gasteiger partial charge in [0.1, 0.15) is 12.0 Å². The molecule has 0 aliphatic heterocycles. The lowest BCUT2D eigenvalue weighted by Crippen LogP contribution is -2.52. The molecule has 0 unspecified atom stereocenters. The minimum atomic E-state index is -1.01. The number of hydrogen-bond donors (Lipinski definition) is 1. The predicted octanol–water partition coefficient (Wildman–Crippen LogP) is 3.99. The number of alkyl halides is 1. The van der Waals surface area contributed by atoms with E-state index in [0.29, 0.717) is 11.4 Å². The molecular formula is C16H13BrF2N2O. The number of hydrogen-bond acceptors (Lipinski definition) is 2. The standard InChI is InChI=1S/C16H13BrF2N2O/c17-10-1-6-14(20-9-10)16(7-12(19)8-16)15(22)21-13-4-2-11(18)3-5-13/h1-6,9,12H,7-8H2,(H,21,22). The Morgan fingerprint density at radius 2 is 1.91 bits per heavy atom. The smallest absolute Gasteiger partial charge is 0.236 e. The normalized spacial score (nSPS) is 23.7. The molecule has 0 radical (unpaired) electrons. The number of carbonyl (C=O) groups excluding carboxylic acids is 1. The van der Waals surface area contributed by atoms with Crippen LogP contribution in [-0.2, 0) is 10.2 Å². The average molecular weight is 367 g/mol. The predicted molar refractivity (Wildman–Crippen MR) is 82.8 cm³/mol. The quantitative estimate of drug-likeness (QED) is 0.892. The summed E-state index contributed by atoms with van der Waals surface area (Å²) < 4.78 is 27.2. The summed E-state index contributed by atoms with van der Waals surface area (Å²) in [6.45, 7) is 0.